The van der Waals surface area contributed by atoms with Crippen LogP contribution in [-0.4, -0.2) is 12.1 Å². The Kier molecular flexibility index (Phi) is 2.67. The van der Waals surface area contributed by atoms with E-state index in [0.717, 1.165) is 9.86 Å². The highest BCUT2D eigenvalue weighted by molar-refractivity contribution is 9.10. The van der Waals surface area contributed by atoms with Gasteiger partial charge >= 0.3 is 0 Å². The van der Waals surface area contributed by atoms with E-state index in [4.69, 9.17) is 10.00 Å². The molecule has 2 rings (SSSR count). The maximum atomic E-state index is 11.5. The molecule has 5 heteroatoms. The zero-order chi connectivity index (χ0) is 11.7. The maximum Gasteiger partial charge on any atom is 0.266 e. The quantitative estimate of drug-likeness (QED) is 0.870. The van der Waals surface area contributed by atoms with Gasteiger partial charge in [0.2, 0.25) is 0 Å². The molecule has 0 amide bonds. The molecule has 1 N–H and O–H groups in total. The van der Waals surface area contributed by atoms with Crippen molar-refractivity contribution < 1.29 is 4.74 Å². The smallest absolute Gasteiger partial charge is 0.266 e. The minimum absolute atomic E-state index is 0.0847. The Balaban J connectivity index is 2.95. The SMILES string of the molecule is COc1ccc(Br)c2cc(C#N)c(=O)[nH]c12. The van der Waals surface area contributed by atoms with Crippen LogP contribution in [0.15, 0.2) is 27.5 Å². The zero-order valence-electron chi connectivity index (χ0n) is 8.37. The average molecular weight is 279 g/mol. The monoisotopic (exact) mass is 278 g/mol. The Morgan fingerprint density at radius 3 is 2.88 bits per heavy atom. The molecular formula is C11H7BrN2O2. The van der Waals surface area contributed by atoms with Crippen molar-refractivity contribution in [3.63, 3.8) is 0 Å². The molecule has 0 aliphatic carbocycles. The van der Waals surface area contributed by atoms with Crippen molar-refractivity contribution >= 4 is 26.8 Å². The lowest BCUT2D eigenvalue weighted by molar-refractivity contribution is 0.419. The number of nitriles is 1. The molecule has 80 valence electrons. The van der Waals surface area contributed by atoms with Crippen molar-refractivity contribution in [2.24, 2.45) is 0 Å². The lowest BCUT2D eigenvalue weighted by Crippen LogP contribution is -2.10. The van der Waals surface area contributed by atoms with Gasteiger partial charge in [0.1, 0.15) is 17.4 Å². The summed E-state index contributed by atoms with van der Waals surface area (Å²) in [6.07, 6.45) is 0. The first-order valence-corrected chi connectivity index (χ1v) is 5.26. The summed E-state index contributed by atoms with van der Waals surface area (Å²) in [6.45, 7) is 0. The topological polar surface area (TPSA) is 65.9 Å². The first kappa shape index (κ1) is 10.7. The molecule has 0 unspecified atom stereocenters. The second-order valence-corrected chi connectivity index (χ2v) is 4.02. The van der Waals surface area contributed by atoms with E-state index in [1.165, 1.54) is 7.11 Å². The van der Waals surface area contributed by atoms with E-state index in [0.29, 0.717) is 11.3 Å². The van der Waals surface area contributed by atoms with E-state index in [1.807, 2.05) is 6.07 Å². The lowest BCUT2D eigenvalue weighted by Gasteiger charge is -2.06. The third-order valence-electron chi connectivity index (χ3n) is 2.27. The fourth-order valence-electron chi connectivity index (χ4n) is 1.49. The van der Waals surface area contributed by atoms with Gasteiger partial charge in [-0.3, -0.25) is 4.79 Å². The van der Waals surface area contributed by atoms with E-state index in [-0.39, 0.29) is 5.56 Å². The molecule has 0 saturated heterocycles. The number of H-pyrrole nitrogens is 1. The number of pyridine rings is 1. The molecule has 4 nitrogen and oxygen atoms in total. The molecule has 0 saturated carbocycles. The van der Waals surface area contributed by atoms with Crippen LogP contribution in [0.3, 0.4) is 0 Å². The van der Waals surface area contributed by atoms with Crippen molar-refractivity contribution in [3.8, 4) is 11.8 Å². The summed E-state index contributed by atoms with van der Waals surface area (Å²) < 4.78 is 5.94. The number of ether oxygens (including phenoxy) is 1. The number of halogens is 1. The Labute approximate surface area is 99.6 Å². The maximum absolute atomic E-state index is 11.5. The van der Waals surface area contributed by atoms with Crippen LogP contribution in [0.4, 0.5) is 0 Å². The number of benzene rings is 1. The third-order valence-corrected chi connectivity index (χ3v) is 2.96. The summed E-state index contributed by atoms with van der Waals surface area (Å²) in [6, 6.07) is 6.94. The Morgan fingerprint density at radius 1 is 1.50 bits per heavy atom. The molecule has 0 bridgehead atoms. The number of nitrogens with zero attached hydrogens (tertiary/aromatic N) is 1. The number of rotatable bonds is 1. The molecule has 1 heterocycles. The van der Waals surface area contributed by atoms with Gasteiger partial charge in [-0.2, -0.15) is 5.26 Å². The Hall–Kier alpha value is -1.80. The van der Waals surface area contributed by atoms with Gasteiger partial charge in [0, 0.05) is 9.86 Å². The van der Waals surface area contributed by atoms with Gasteiger partial charge in [-0.05, 0) is 18.2 Å². The summed E-state index contributed by atoms with van der Waals surface area (Å²) in [5.74, 6) is 0.569. The van der Waals surface area contributed by atoms with Gasteiger partial charge < -0.3 is 9.72 Å². The molecule has 16 heavy (non-hydrogen) atoms. The van der Waals surface area contributed by atoms with Crippen molar-refractivity contribution in [2.45, 2.75) is 0 Å². The number of aromatic nitrogens is 1. The Morgan fingerprint density at radius 2 is 2.25 bits per heavy atom. The lowest BCUT2D eigenvalue weighted by atomic mass is 10.1. The second kappa shape index (κ2) is 3.99. The van der Waals surface area contributed by atoms with E-state index in [2.05, 4.69) is 20.9 Å². The number of nitrogens with one attached hydrogen (secondary N) is 1. The van der Waals surface area contributed by atoms with E-state index in [1.54, 1.807) is 18.2 Å². The highest BCUT2D eigenvalue weighted by Crippen LogP contribution is 2.29. The molecule has 0 aliphatic heterocycles. The van der Waals surface area contributed by atoms with Crippen LogP contribution in [0.25, 0.3) is 10.9 Å². The summed E-state index contributed by atoms with van der Waals surface area (Å²) in [5, 5.41) is 9.52. The van der Waals surface area contributed by atoms with Crippen molar-refractivity contribution in [1.82, 2.24) is 4.98 Å². The standard InChI is InChI=1S/C11H7BrN2O2/c1-16-9-3-2-8(12)7-4-6(5-13)11(15)14-10(7)9/h2-4H,1H3,(H,14,15). The van der Waals surface area contributed by atoms with Crippen LogP contribution in [0.1, 0.15) is 5.56 Å². The molecule has 0 radical (unpaired) electrons. The highest BCUT2D eigenvalue weighted by Gasteiger charge is 2.08. The largest absolute Gasteiger partial charge is 0.495 e. The molecular weight excluding hydrogens is 272 g/mol. The normalized spacial score (nSPS) is 10.1. The molecule has 1 aromatic heterocycles. The van der Waals surface area contributed by atoms with E-state index < -0.39 is 5.56 Å². The molecule has 0 atom stereocenters. The van der Waals surface area contributed by atoms with Gasteiger partial charge in [-0.25, -0.2) is 0 Å². The Bertz CT molecular complexity index is 655. The van der Waals surface area contributed by atoms with E-state index in [9.17, 15) is 4.79 Å². The summed E-state index contributed by atoms with van der Waals surface area (Å²) in [7, 11) is 1.53. The van der Waals surface area contributed by atoms with Gasteiger partial charge in [-0.1, -0.05) is 15.9 Å². The first-order chi connectivity index (χ1) is 7.67. The predicted octanol–water partition coefficient (Wildman–Crippen LogP) is 2.17. The fraction of sp³-hybridized carbons (Fsp3) is 0.0909. The van der Waals surface area contributed by atoms with Crippen LogP contribution in [0, 0.1) is 11.3 Å². The number of methoxy groups -OCH3 is 1. The number of aromatic amines is 1. The number of fused-ring (bicyclic) bond motifs is 1. The second-order valence-electron chi connectivity index (χ2n) is 3.16. The predicted molar refractivity (Wildman–Crippen MR) is 63.5 cm³/mol. The van der Waals surface area contributed by atoms with Crippen LogP contribution < -0.4 is 10.3 Å². The van der Waals surface area contributed by atoms with Crippen molar-refractivity contribution in [2.75, 3.05) is 7.11 Å². The highest BCUT2D eigenvalue weighted by atomic mass is 79.9. The van der Waals surface area contributed by atoms with Gasteiger partial charge in [0.25, 0.3) is 5.56 Å². The van der Waals surface area contributed by atoms with Crippen molar-refractivity contribution in [3.05, 3.63) is 38.6 Å². The van der Waals surface area contributed by atoms with Crippen LogP contribution in [0.5, 0.6) is 5.75 Å². The van der Waals surface area contributed by atoms with Crippen molar-refractivity contribution in [1.29, 1.82) is 5.26 Å². The molecule has 0 aliphatic rings. The summed E-state index contributed by atoms with van der Waals surface area (Å²) >= 11 is 3.36. The molecule has 2 aromatic rings. The number of hydrogen-bond donors (Lipinski definition) is 1. The van der Waals surface area contributed by atoms with Gasteiger partial charge in [0.05, 0.1) is 12.6 Å². The van der Waals surface area contributed by atoms with Crippen LogP contribution >= 0.6 is 15.9 Å². The van der Waals surface area contributed by atoms with Crippen LogP contribution in [0.2, 0.25) is 0 Å². The fourth-order valence-corrected chi connectivity index (χ4v) is 1.93. The van der Waals surface area contributed by atoms with E-state index >= 15 is 0 Å². The van der Waals surface area contributed by atoms with Gasteiger partial charge in [-0.15, -0.1) is 0 Å². The first-order valence-electron chi connectivity index (χ1n) is 4.47. The molecule has 1 aromatic carbocycles. The number of hydrogen-bond acceptors (Lipinski definition) is 3. The summed E-state index contributed by atoms with van der Waals surface area (Å²) in [5.41, 5.74) is 0.258. The third kappa shape index (κ3) is 1.57. The average Bonchev–Trinajstić information content (AvgIpc) is 2.29. The van der Waals surface area contributed by atoms with Gasteiger partial charge in [0.15, 0.2) is 0 Å². The zero-order valence-corrected chi connectivity index (χ0v) is 9.96. The minimum atomic E-state index is -0.411. The molecule has 0 spiro atoms. The minimum Gasteiger partial charge on any atom is -0.495 e. The molecule has 0 fully saturated rings. The summed E-state index contributed by atoms with van der Waals surface area (Å²) in [4.78, 5) is 14.1. The van der Waals surface area contributed by atoms with Crippen LogP contribution in [-0.2, 0) is 0 Å².